The van der Waals surface area contributed by atoms with Crippen molar-refractivity contribution in [2.45, 2.75) is 91.8 Å². The van der Waals surface area contributed by atoms with Gasteiger partial charge in [-0.15, -0.1) is 0 Å². The van der Waals surface area contributed by atoms with Crippen molar-refractivity contribution >= 4 is 23.5 Å². The molecule has 0 aliphatic rings. The minimum atomic E-state index is -4.65. The van der Waals surface area contributed by atoms with Crippen LogP contribution in [0, 0.1) is 11.8 Å². The van der Waals surface area contributed by atoms with Gasteiger partial charge in [0.2, 0.25) is 0 Å². The van der Waals surface area contributed by atoms with Gasteiger partial charge in [0.15, 0.2) is 11.6 Å². The molecule has 8 nitrogen and oxygen atoms in total. The van der Waals surface area contributed by atoms with Gasteiger partial charge in [-0.1, -0.05) is 13.8 Å². The van der Waals surface area contributed by atoms with Gasteiger partial charge in [-0.05, 0) is 12.8 Å². The van der Waals surface area contributed by atoms with E-state index in [0.717, 1.165) is 0 Å². The predicted octanol–water partition coefficient (Wildman–Crippen LogP) is 2.32. The van der Waals surface area contributed by atoms with Gasteiger partial charge in [0, 0.05) is 0 Å². The van der Waals surface area contributed by atoms with E-state index in [1.165, 1.54) is 13.8 Å². The number of ketones is 2. The first-order chi connectivity index (χ1) is 15.7. The van der Waals surface area contributed by atoms with Gasteiger partial charge in [-0.25, -0.2) is 0 Å². The number of alkyl halides is 6. The molecule has 0 aromatic carbocycles. The number of carboxylic acid groups (broad SMARTS) is 2. The van der Waals surface area contributed by atoms with Crippen LogP contribution in [0.1, 0.15) is 67.2 Å². The van der Waals surface area contributed by atoms with Crippen LogP contribution < -0.4 is 10.2 Å². The van der Waals surface area contributed by atoms with Crippen LogP contribution in [0.5, 0.6) is 0 Å². The Hall–Kier alpha value is -1.34. The second kappa shape index (κ2) is 18.9. The average molecular weight is 604 g/mol. The van der Waals surface area contributed by atoms with Gasteiger partial charge in [0.05, 0.1) is 23.8 Å². The number of halogens is 6. The summed E-state index contributed by atoms with van der Waals surface area (Å²) in [7, 11) is 0. The Morgan fingerprint density at radius 1 is 0.686 bits per heavy atom. The van der Waals surface area contributed by atoms with Crippen LogP contribution in [-0.2, 0) is 48.9 Å². The zero-order valence-electron chi connectivity index (χ0n) is 20.2. The molecule has 0 aliphatic carbocycles. The van der Waals surface area contributed by atoms with Crippen LogP contribution in [-0.4, -0.2) is 48.1 Å². The number of aliphatic carboxylic acids is 2. The number of hydrogen-bond acceptors (Lipinski definition) is 8. The van der Waals surface area contributed by atoms with Crippen molar-refractivity contribution in [3.63, 3.8) is 0 Å². The zero-order chi connectivity index (χ0) is 28.6. The van der Waals surface area contributed by atoms with E-state index in [1.54, 1.807) is 0 Å². The number of carbonyl (C=O) groups is 4. The number of hydrogen-bond donors (Lipinski definition) is 0. The molecule has 35 heavy (non-hydrogen) atoms. The van der Waals surface area contributed by atoms with Crippen molar-refractivity contribution in [1.82, 2.24) is 0 Å². The first-order valence-electron chi connectivity index (χ1n) is 10.3. The SMILES string of the molecule is CC(C)[O][Zr+2][O]C(C)C.CCC(C(=O)[O-])C(=O)CC(F)(F)F.CCC(C(=O)[O-])C(=O)CC(F)(F)F. The van der Waals surface area contributed by atoms with Crippen molar-refractivity contribution in [2.75, 3.05) is 0 Å². The Morgan fingerprint density at radius 2 is 0.943 bits per heavy atom. The van der Waals surface area contributed by atoms with E-state index < -0.39 is 84.7 Å². The molecule has 0 rings (SSSR count). The van der Waals surface area contributed by atoms with Crippen LogP contribution in [0.25, 0.3) is 0 Å². The van der Waals surface area contributed by atoms with E-state index in [-0.39, 0.29) is 12.8 Å². The van der Waals surface area contributed by atoms with E-state index in [2.05, 4.69) is 0 Å². The summed E-state index contributed by atoms with van der Waals surface area (Å²) in [6.45, 7) is 10.8. The molecule has 0 aromatic rings. The summed E-state index contributed by atoms with van der Waals surface area (Å²) in [5.74, 6) is -9.51. The standard InChI is InChI=1S/2C7H9F3O3.2C3H7O.Zr/c2*1-2-4(6(12)13)5(11)3-7(8,9)10;2*1-3(2)4;/h2*4H,2-3H2,1H3,(H,12,13);2*3H,1-2H3;/q;;2*-1;+4/p-2. The number of carboxylic acids is 2. The quantitative estimate of drug-likeness (QED) is 0.245. The summed E-state index contributed by atoms with van der Waals surface area (Å²) in [6.07, 6.45) is -12.4. The van der Waals surface area contributed by atoms with E-state index >= 15 is 0 Å². The summed E-state index contributed by atoms with van der Waals surface area (Å²) in [4.78, 5) is 41.7. The topological polar surface area (TPSA) is 133 Å². The van der Waals surface area contributed by atoms with Crippen molar-refractivity contribution in [2.24, 2.45) is 11.8 Å². The van der Waals surface area contributed by atoms with Gasteiger partial charge in [0.25, 0.3) is 0 Å². The zero-order valence-corrected chi connectivity index (χ0v) is 22.6. The molecular weight excluding hydrogens is 573 g/mol. The van der Waals surface area contributed by atoms with E-state index in [1.807, 2.05) is 27.7 Å². The van der Waals surface area contributed by atoms with Gasteiger partial charge in [0.1, 0.15) is 12.8 Å². The molecule has 0 bridgehead atoms. The smallest absolute Gasteiger partial charge is 0.395 e. The minimum absolute atomic E-state index is 0.183. The fourth-order valence-corrected chi connectivity index (χ4v) is 3.00. The van der Waals surface area contributed by atoms with Gasteiger partial charge < -0.3 is 19.8 Å². The molecule has 0 amide bonds. The summed E-state index contributed by atoms with van der Waals surface area (Å²) < 4.78 is 80.4. The largest absolute Gasteiger partial charge is 0.549 e. The molecule has 0 heterocycles. The molecule has 0 saturated heterocycles. The van der Waals surface area contributed by atoms with Gasteiger partial charge in [-0.3, -0.25) is 9.59 Å². The molecule has 2 unspecified atom stereocenters. The molecule has 0 spiro atoms. The van der Waals surface area contributed by atoms with Crippen LogP contribution in [0.15, 0.2) is 0 Å². The Morgan fingerprint density at radius 3 is 1.09 bits per heavy atom. The molecule has 0 radical (unpaired) electrons. The third-order valence-corrected chi connectivity index (χ3v) is 6.27. The van der Waals surface area contributed by atoms with Crippen LogP contribution in [0.3, 0.4) is 0 Å². The molecule has 0 aliphatic heterocycles. The summed E-state index contributed by atoms with van der Waals surface area (Å²) >= 11 is -0.929. The molecular formula is C20H30F6O8Zr. The van der Waals surface area contributed by atoms with E-state index in [0.29, 0.717) is 12.2 Å². The molecule has 0 fully saturated rings. The first-order valence-corrected chi connectivity index (χ1v) is 12.4. The maximum absolute atomic E-state index is 11.6. The fourth-order valence-electron chi connectivity index (χ4n) is 1.91. The summed E-state index contributed by atoms with van der Waals surface area (Å²) in [6, 6.07) is 0. The normalized spacial score (nSPS) is 13.0. The summed E-state index contributed by atoms with van der Waals surface area (Å²) in [5.41, 5.74) is 0. The van der Waals surface area contributed by atoms with Crippen LogP contribution in [0.2, 0.25) is 0 Å². The maximum atomic E-state index is 11.6. The molecule has 15 heteroatoms. The first kappa shape index (κ1) is 38.2. The number of carbonyl (C=O) groups excluding carboxylic acids is 4. The Bertz CT molecular complexity index is 597. The van der Waals surface area contributed by atoms with E-state index in [9.17, 15) is 55.7 Å². The maximum Gasteiger partial charge on any atom is 0.395 e. The van der Waals surface area contributed by atoms with Crippen molar-refractivity contribution in [1.29, 1.82) is 0 Å². The molecule has 0 N–H and O–H groups in total. The number of rotatable bonds is 12. The van der Waals surface area contributed by atoms with Gasteiger partial charge >= 0.3 is 82.0 Å². The minimum Gasteiger partial charge on any atom is -0.549 e. The Balaban J connectivity index is -0.000000448. The number of Topliss-reactive ketones (excluding diaryl/α,β-unsaturated/α-hetero) is 2. The predicted molar refractivity (Wildman–Crippen MR) is 101 cm³/mol. The van der Waals surface area contributed by atoms with Crippen molar-refractivity contribution in [3.8, 4) is 0 Å². The van der Waals surface area contributed by atoms with Crippen LogP contribution in [0.4, 0.5) is 26.3 Å². The van der Waals surface area contributed by atoms with Crippen LogP contribution >= 0.6 is 0 Å². The van der Waals surface area contributed by atoms with E-state index in [4.69, 9.17) is 5.63 Å². The second-order valence-electron chi connectivity index (χ2n) is 7.49. The molecule has 0 aromatic heterocycles. The third-order valence-electron chi connectivity index (χ3n) is 3.48. The molecule has 2 atom stereocenters. The Kier molecular flexibility index (Phi) is 20.6. The van der Waals surface area contributed by atoms with Crippen molar-refractivity contribution in [3.05, 3.63) is 0 Å². The van der Waals surface area contributed by atoms with Crippen molar-refractivity contribution < 1.29 is 85.5 Å². The molecule has 0 saturated carbocycles. The summed E-state index contributed by atoms with van der Waals surface area (Å²) in [5, 5.41) is 20.3. The third kappa shape index (κ3) is 25.6. The van der Waals surface area contributed by atoms with Gasteiger partial charge in [-0.2, -0.15) is 26.3 Å². The fraction of sp³-hybridized carbons (Fsp3) is 0.800. The average Bonchev–Trinajstić information content (AvgIpc) is 2.59. The molecule has 204 valence electrons. The second-order valence-corrected chi connectivity index (χ2v) is 9.06. The Labute approximate surface area is 212 Å². The monoisotopic (exact) mass is 602 g/mol.